The maximum Gasteiger partial charge on any atom is 0.168 e. The summed E-state index contributed by atoms with van der Waals surface area (Å²) in [5.41, 5.74) is 2.24. The van der Waals surface area contributed by atoms with Crippen molar-refractivity contribution in [1.82, 2.24) is 10.2 Å². The average molecular weight is 290 g/mol. The van der Waals surface area contributed by atoms with Crippen LogP contribution in [0, 0.1) is 11.8 Å². The van der Waals surface area contributed by atoms with Crippen LogP contribution in [0.3, 0.4) is 0 Å². The molecule has 0 saturated heterocycles. The largest absolute Gasteiger partial charge is 0.294 e. The molecule has 21 heavy (non-hydrogen) atoms. The zero-order chi connectivity index (χ0) is 16.3. The first kappa shape index (κ1) is 17.5. The number of carbonyl (C=O) groups excluding carboxylic acids is 2. The van der Waals surface area contributed by atoms with Gasteiger partial charge in [-0.15, -0.1) is 0 Å². The summed E-state index contributed by atoms with van der Waals surface area (Å²) in [7, 11) is 0. The molecule has 0 fully saturated rings. The van der Waals surface area contributed by atoms with Crippen molar-refractivity contribution in [2.45, 2.75) is 60.8 Å². The summed E-state index contributed by atoms with van der Waals surface area (Å²) in [6.45, 7) is 13.3. The number of aryl methyl sites for hydroxylation is 1. The highest BCUT2D eigenvalue weighted by molar-refractivity contribution is 6.11. The van der Waals surface area contributed by atoms with E-state index in [1.165, 1.54) is 0 Å². The highest BCUT2D eigenvalue weighted by Gasteiger charge is 2.29. The van der Waals surface area contributed by atoms with Crippen LogP contribution < -0.4 is 0 Å². The maximum atomic E-state index is 12.7. The van der Waals surface area contributed by atoms with Gasteiger partial charge in [-0.05, 0) is 12.3 Å². The van der Waals surface area contributed by atoms with Gasteiger partial charge in [0.05, 0.1) is 22.5 Å². The van der Waals surface area contributed by atoms with Gasteiger partial charge in [0.2, 0.25) is 0 Å². The van der Waals surface area contributed by atoms with Crippen molar-refractivity contribution in [1.29, 1.82) is 0 Å². The molecule has 1 heterocycles. The van der Waals surface area contributed by atoms with E-state index in [2.05, 4.69) is 10.2 Å². The standard InChI is InChI=1S/C17H26N2O2/c1-8-12-13(16(20)10(4)5)14(17(21)11(6)7)15(9(2)3)19-18-12/h9-11H,8H2,1-7H3. The van der Waals surface area contributed by atoms with Gasteiger partial charge in [0.25, 0.3) is 0 Å². The first-order valence-electron chi connectivity index (χ1n) is 7.70. The normalized spacial score (nSPS) is 11.5. The molecule has 0 amide bonds. The Hall–Kier alpha value is -1.58. The molecule has 1 aromatic rings. The molecule has 0 N–H and O–H groups in total. The van der Waals surface area contributed by atoms with Crippen molar-refractivity contribution in [2.75, 3.05) is 0 Å². The topological polar surface area (TPSA) is 59.9 Å². The quantitative estimate of drug-likeness (QED) is 0.747. The van der Waals surface area contributed by atoms with Crippen molar-refractivity contribution in [3.05, 3.63) is 22.5 Å². The van der Waals surface area contributed by atoms with Gasteiger partial charge in [-0.25, -0.2) is 0 Å². The Morgan fingerprint density at radius 3 is 1.71 bits per heavy atom. The predicted molar refractivity (Wildman–Crippen MR) is 83.8 cm³/mol. The summed E-state index contributed by atoms with van der Waals surface area (Å²) >= 11 is 0. The van der Waals surface area contributed by atoms with Crippen LogP contribution in [-0.4, -0.2) is 21.8 Å². The lowest BCUT2D eigenvalue weighted by molar-refractivity contribution is 0.0902. The Bertz CT molecular complexity index is 546. The van der Waals surface area contributed by atoms with Crippen LogP contribution in [0.15, 0.2) is 0 Å². The van der Waals surface area contributed by atoms with Gasteiger partial charge in [-0.3, -0.25) is 9.59 Å². The van der Waals surface area contributed by atoms with Crippen LogP contribution in [0.2, 0.25) is 0 Å². The summed E-state index contributed by atoms with van der Waals surface area (Å²) < 4.78 is 0. The number of hydrogen-bond acceptors (Lipinski definition) is 4. The third-order valence-corrected chi connectivity index (χ3v) is 3.50. The second kappa shape index (κ2) is 6.92. The minimum Gasteiger partial charge on any atom is -0.294 e. The van der Waals surface area contributed by atoms with Crippen LogP contribution in [0.25, 0.3) is 0 Å². The number of Topliss-reactive ketones (excluding diaryl/α,β-unsaturated/α-hetero) is 2. The molecule has 0 atom stereocenters. The van der Waals surface area contributed by atoms with Crippen molar-refractivity contribution in [3.8, 4) is 0 Å². The van der Waals surface area contributed by atoms with E-state index in [1.54, 1.807) is 0 Å². The zero-order valence-electron chi connectivity index (χ0n) is 14.2. The molecule has 0 aliphatic carbocycles. The third kappa shape index (κ3) is 3.55. The minimum absolute atomic E-state index is 0.0207. The van der Waals surface area contributed by atoms with E-state index in [-0.39, 0.29) is 29.3 Å². The second-order valence-electron chi connectivity index (χ2n) is 6.33. The van der Waals surface area contributed by atoms with Gasteiger partial charge >= 0.3 is 0 Å². The summed E-state index contributed by atoms with van der Waals surface area (Å²) in [6.07, 6.45) is 0.595. The smallest absolute Gasteiger partial charge is 0.168 e. The van der Waals surface area contributed by atoms with Gasteiger partial charge in [0.15, 0.2) is 11.6 Å². The fourth-order valence-corrected chi connectivity index (χ4v) is 2.23. The molecule has 0 aliphatic heterocycles. The van der Waals surface area contributed by atoms with E-state index < -0.39 is 0 Å². The van der Waals surface area contributed by atoms with Crippen LogP contribution in [0.4, 0.5) is 0 Å². The van der Waals surface area contributed by atoms with Gasteiger partial charge in [0, 0.05) is 11.8 Å². The number of ketones is 2. The lowest BCUT2D eigenvalue weighted by Crippen LogP contribution is -2.23. The van der Waals surface area contributed by atoms with E-state index in [9.17, 15) is 9.59 Å². The predicted octanol–water partition coefficient (Wildman–Crippen LogP) is 3.84. The fraction of sp³-hybridized carbons (Fsp3) is 0.647. The number of rotatable bonds is 6. The molecule has 0 aliphatic rings. The van der Waals surface area contributed by atoms with Gasteiger partial charge in [-0.2, -0.15) is 10.2 Å². The molecule has 4 nitrogen and oxygen atoms in total. The zero-order valence-corrected chi connectivity index (χ0v) is 14.2. The number of aromatic nitrogens is 2. The van der Waals surface area contributed by atoms with Crippen LogP contribution in [-0.2, 0) is 6.42 Å². The van der Waals surface area contributed by atoms with Crippen molar-refractivity contribution in [3.63, 3.8) is 0 Å². The fourth-order valence-electron chi connectivity index (χ4n) is 2.23. The monoisotopic (exact) mass is 290 g/mol. The molecular formula is C17H26N2O2. The second-order valence-corrected chi connectivity index (χ2v) is 6.33. The maximum absolute atomic E-state index is 12.7. The molecule has 0 bridgehead atoms. The highest BCUT2D eigenvalue weighted by Crippen LogP contribution is 2.27. The van der Waals surface area contributed by atoms with E-state index in [1.807, 2.05) is 48.5 Å². The molecule has 0 radical (unpaired) electrons. The Morgan fingerprint density at radius 1 is 0.857 bits per heavy atom. The van der Waals surface area contributed by atoms with Gasteiger partial charge < -0.3 is 0 Å². The van der Waals surface area contributed by atoms with E-state index in [0.717, 1.165) is 0 Å². The molecule has 4 heteroatoms. The molecule has 0 aromatic carbocycles. The number of carbonyl (C=O) groups is 2. The Labute approximate surface area is 127 Å². The Morgan fingerprint density at radius 2 is 1.33 bits per heavy atom. The van der Waals surface area contributed by atoms with Crippen LogP contribution >= 0.6 is 0 Å². The lowest BCUT2D eigenvalue weighted by atomic mass is 9.86. The lowest BCUT2D eigenvalue weighted by Gasteiger charge is -2.19. The first-order chi connectivity index (χ1) is 9.72. The molecule has 0 saturated carbocycles. The summed E-state index contributed by atoms with van der Waals surface area (Å²) in [5, 5.41) is 8.43. The highest BCUT2D eigenvalue weighted by atomic mass is 16.1. The number of hydrogen-bond donors (Lipinski definition) is 0. The van der Waals surface area contributed by atoms with Gasteiger partial charge in [-0.1, -0.05) is 48.5 Å². The van der Waals surface area contributed by atoms with Gasteiger partial charge in [0.1, 0.15) is 0 Å². The van der Waals surface area contributed by atoms with Crippen molar-refractivity contribution < 1.29 is 9.59 Å². The van der Waals surface area contributed by atoms with E-state index >= 15 is 0 Å². The first-order valence-corrected chi connectivity index (χ1v) is 7.70. The SMILES string of the molecule is CCc1nnc(C(C)C)c(C(=O)C(C)C)c1C(=O)C(C)C. The molecule has 1 aromatic heterocycles. The van der Waals surface area contributed by atoms with E-state index in [4.69, 9.17) is 0 Å². The van der Waals surface area contributed by atoms with Crippen LogP contribution in [0.1, 0.15) is 86.5 Å². The van der Waals surface area contributed by atoms with Crippen molar-refractivity contribution in [2.24, 2.45) is 11.8 Å². The van der Waals surface area contributed by atoms with E-state index in [0.29, 0.717) is 28.9 Å². The minimum atomic E-state index is -0.171. The summed E-state index contributed by atoms with van der Waals surface area (Å²) in [6, 6.07) is 0. The molecule has 0 unspecified atom stereocenters. The van der Waals surface area contributed by atoms with Crippen LogP contribution in [0.5, 0.6) is 0 Å². The molecular weight excluding hydrogens is 264 g/mol. The van der Waals surface area contributed by atoms with Crippen molar-refractivity contribution >= 4 is 11.6 Å². The Kier molecular flexibility index (Phi) is 5.76. The molecule has 0 spiro atoms. The summed E-state index contributed by atoms with van der Waals surface area (Å²) in [4.78, 5) is 25.3. The number of nitrogens with zero attached hydrogens (tertiary/aromatic N) is 2. The summed E-state index contributed by atoms with van der Waals surface area (Å²) in [5.74, 6) is -0.326. The Balaban J connectivity index is 3.73. The average Bonchev–Trinajstić information content (AvgIpc) is 2.43. The molecule has 116 valence electrons. The third-order valence-electron chi connectivity index (χ3n) is 3.50. The molecule has 1 rings (SSSR count).